The highest BCUT2D eigenvalue weighted by molar-refractivity contribution is 8.13. The van der Waals surface area contributed by atoms with Crippen LogP contribution in [0.25, 0.3) is 0 Å². The number of ether oxygens (including phenoxy) is 1. The van der Waals surface area contributed by atoms with E-state index in [2.05, 4.69) is 0 Å². The van der Waals surface area contributed by atoms with Gasteiger partial charge in [0.15, 0.2) is 0 Å². The molecule has 20 heavy (non-hydrogen) atoms. The maximum Gasteiger partial charge on any atom is 0.340 e. The molecule has 0 aliphatic carbocycles. The molecule has 0 radical (unpaired) electrons. The summed E-state index contributed by atoms with van der Waals surface area (Å²) in [4.78, 5) is 11.6. The zero-order valence-electron chi connectivity index (χ0n) is 11.0. The van der Waals surface area contributed by atoms with Crippen molar-refractivity contribution in [1.29, 1.82) is 0 Å². The molecule has 0 N–H and O–H groups in total. The van der Waals surface area contributed by atoms with Crippen LogP contribution in [0.15, 0.2) is 17.0 Å². The van der Waals surface area contributed by atoms with E-state index >= 15 is 0 Å². The predicted molar refractivity (Wildman–Crippen MR) is 79.2 cm³/mol. The summed E-state index contributed by atoms with van der Waals surface area (Å²) >= 11 is 11.7. The molecule has 0 saturated carbocycles. The molecule has 0 aliphatic rings. The third-order valence-corrected chi connectivity index (χ3v) is 4.80. The highest BCUT2D eigenvalue weighted by atomic mass is 35.7. The van der Waals surface area contributed by atoms with Crippen molar-refractivity contribution in [1.82, 2.24) is 0 Å². The number of carbonyl (C=O) groups is 1. The van der Waals surface area contributed by atoms with Crippen LogP contribution in [0.2, 0.25) is 10.0 Å². The molecule has 1 atom stereocenters. The molecule has 8 heteroatoms. The molecule has 1 aromatic rings. The fraction of sp³-hybridized carbons (Fsp3) is 0.417. The van der Waals surface area contributed by atoms with Gasteiger partial charge in [-0.05, 0) is 25.0 Å². The Morgan fingerprint density at radius 2 is 1.75 bits per heavy atom. The van der Waals surface area contributed by atoms with Crippen LogP contribution in [0.3, 0.4) is 0 Å². The van der Waals surface area contributed by atoms with Crippen LogP contribution >= 0.6 is 33.9 Å². The zero-order valence-corrected chi connectivity index (χ0v) is 14.1. The molecular formula is C12H13Cl3O4S. The van der Waals surface area contributed by atoms with Gasteiger partial charge in [0.05, 0.1) is 10.6 Å². The maximum absolute atomic E-state index is 12.0. The van der Waals surface area contributed by atoms with Gasteiger partial charge >= 0.3 is 5.97 Å². The Kier molecular flexibility index (Phi) is 5.72. The molecule has 4 nitrogen and oxygen atoms in total. The lowest BCUT2D eigenvalue weighted by atomic mass is 10.1. The van der Waals surface area contributed by atoms with E-state index in [1.807, 2.05) is 13.8 Å². The number of benzene rings is 1. The van der Waals surface area contributed by atoms with Crippen molar-refractivity contribution in [2.45, 2.75) is 31.8 Å². The lowest BCUT2D eigenvalue weighted by Gasteiger charge is -2.17. The van der Waals surface area contributed by atoms with Gasteiger partial charge in [0.1, 0.15) is 11.0 Å². The fourth-order valence-electron chi connectivity index (χ4n) is 1.26. The monoisotopic (exact) mass is 358 g/mol. The second kappa shape index (κ2) is 6.52. The van der Waals surface area contributed by atoms with Gasteiger partial charge in [-0.15, -0.1) is 0 Å². The molecular weight excluding hydrogens is 347 g/mol. The Labute approximate surface area is 132 Å². The number of hydrogen-bond acceptors (Lipinski definition) is 4. The van der Waals surface area contributed by atoms with Gasteiger partial charge in [-0.3, -0.25) is 0 Å². The van der Waals surface area contributed by atoms with Crippen LogP contribution < -0.4 is 0 Å². The van der Waals surface area contributed by atoms with Crippen molar-refractivity contribution < 1.29 is 17.9 Å². The van der Waals surface area contributed by atoms with E-state index < -0.39 is 19.9 Å². The van der Waals surface area contributed by atoms with E-state index in [-0.39, 0.29) is 27.6 Å². The normalized spacial score (nSPS) is 13.3. The maximum atomic E-state index is 12.0. The van der Waals surface area contributed by atoms with Crippen molar-refractivity contribution in [3.63, 3.8) is 0 Å². The Balaban J connectivity index is 3.26. The SMILES string of the molecule is CC(C)C(C)OC(=O)c1cc(Cl)cc(S(=O)(=O)Cl)c1Cl. The summed E-state index contributed by atoms with van der Waals surface area (Å²) in [6, 6.07) is 2.32. The van der Waals surface area contributed by atoms with Crippen molar-refractivity contribution in [2.24, 2.45) is 5.92 Å². The van der Waals surface area contributed by atoms with Crippen molar-refractivity contribution in [2.75, 3.05) is 0 Å². The van der Waals surface area contributed by atoms with Gasteiger partial charge in [0.25, 0.3) is 9.05 Å². The van der Waals surface area contributed by atoms with Crippen LogP contribution in [0, 0.1) is 5.92 Å². The number of carbonyl (C=O) groups excluding carboxylic acids is 1. The van der Waals surface area contributed by atoms with E-state index in [1.165, 1.54) is 6.07 Å². The van der Waals surface area contributed by atoms with Gasteiger partial charge in [-0.1, -0.05) is 37.0 Å². The summed E-state index contributed by atoms with van der Waals surface area (Å²) in [5.74, 6) is -0.645. The van der Waals surface area contributed by atoms with E-state index in [9.17, 15) is 13.2 Å². The Morgan fingerprint density at radius 3 is 2.20 bits per heavy atom. The number of hydrogen-bond donors (Lipinski definition) is 0. The van der Waals surface area contributed by atoms with E-state index in [0.29, 0.717) is 0 Å². The molecule has 0 spiro atoms. The summed E-state index contributed by atoms with van der Waals surface area (Å²) < 4.78 is 27.9. The molecule has 0 saturated heterocycles. The van der Waals surface area contributed by atoms with Crippen LogP contribution in [-0.2, 0) is 13.8 Å². The molecule has 0 fully saturated rings. The van der Waals surface area contributed by atoms with Gasteiger partial charge in [-0.2, -0.15) is 0 Å². The number of halogens is 3. The summed E-state index contributed by atoms with van der Waals surface area (Å²) in [6.45, 7) is 5.48. The topological polar surface area (TPSA) is 60.4 Å². The minimum atomic E-state index is -4.11. The largest absolute Gasteiger partial charge is 0.459 e. The van der Waals surface area contributed by atoms with Gasteiger partial charge in [0, 0.05) is 15.7 Å². The quantitative estimate of drug-likeness (QED) is 0.599. The summed E-state index contributed by atoms with van der Waals surface area (Å²) in [6.07, 6.45) is -0.353. The van der Waals surface area contributed by atoms with Crippen LogP contribution in [0.5, 0.6) is 0 Å². The minimum absolute atomic E-state index is 0.0257. The van der Waals surface area contributed by atoms with Gasteiger partial charge < -0.3 is 4.74 Å². The average Bonchev–Trinajstić information content (AvgIpc) is 2.29. The fourth-order valence-corrected chi connectivity index (χ4v) is 3.11. The molecule has 0 bridgehead atoms. The zero-order chi connectivity index (χ0) is 15.7. The van der Waals surface area contributed by atoms with E-state index in [1.54, 1.807) is 6.92 Å². The van der Waals surface area contributed by atoms with Crippen LogP contribution in [-0.4, -0.2) is 20.5 Å². The van der Waals surface area contributed by atoms with Crippen LogP contribution in [0.4, 0.5) is 0 Å². The summed E-state index contributed by atoms with van der Waals surface area (Å²) in [5.41, 5.74) is -0.133. The molecule has 0 aromatic heterocycles. The lowest BCUT2D eigenvalue weighted by Crippen LogP contribution is -2.20. The van der Waals surface area contributed by atoms with Gasteiger partial charge in [-0.25, -0.2) is 13.2 Å². The molecule has 0 amide bonds. The second-order valence-corrected chi connectivity index (χ2v) is 7.91. The average molecular weight is 360 g/mol. The molecule has 1 aromatic carbocycles. The Morgan fingerprint density at radius 1 is 1.20 bits per heavy atom. The third-order valence-electron chi connectivity index (χ3n) is 2.72. The Hall–Kier alpha value is -0.490. The van der Waals surface area contributed by atoms with Gasteiger partial charge in [0.2, 0.25) is 0 Å². The molecule has 1 rings (SSSR count). The van der Waals surface area contributed by atoms with Crippen molar-refractivity contribution in [3.05, 3.63) is 27.7 Å². The first-order valence-corrected chi connectivity index (χ1v) is 8.75. The highest BCUT2D eigenvalue weighted by Crippen LogP contribution is 2.32. The van der Waals surface area contributed by atoms with Crippen molar-refractivity contribution >= 4 is 48.9 Å². The molecule has 1 unspecified atom stereocenters. The number of rotatable bonds is 4. The predicted octanol–water partition coefficient (Wildman–Crippen LogP) is 4.12. The molecule has 112 valence electrons. The third kappa shape index (κ3) is 4.25. The second-order valence-electron chi connectivity index (χ2n) is 4.56. The summed E-state index contributed by atoms with van der Waals surface area (Å²) in [5, 5.41) is -0.275. The molecule has 0 heterocycles. The number of esters is 1. The first-order chi connectivity index (χ1) is 9.04. The van der Waals surface area contributed by atoms with Crippen molar-refractivity contribution in [3.8, 4) is 0 Å². The van der Waals surface area contributed by atoms with E-state index in [4.69, 9.17) is 38.6 Å². The smallest absolute Gasteiger partial charge is 0.340 e. The summed E-state index contributed by atoms with van der Waals surface area (Å²) in [7, 11) is 1.14. The first kappa shape index (κ1) is 17.6. The first-order valence-electron chi connectivity index (χ1n) is 5.68. The standard InChI is InChI=1S/C12H13Cl3O4S/c1-6(2)7(3)19-12(16)9-4-8(13)5-10(11(9)14)20(15,17)18/h4-7H,1-3H3. The minimum Gasteiger partial charge on any atom is -0.459 e. The lowest BCUT2D eigenvalue weighted by molar-refractivity contribution is 0.0238. The highest BCUT2D eigenvalue weighted by Gasteiger charge is 2.24. The van der Waals surface area contributed by atoms with E-state index in [0.717, 1.165) is 6.07 Å². The molecule has 0 aliphatic heterocycles. The van der Waals surface area contributed by atoms with Crippen LogP contribution in [0.1, 0.15) is 31.1 Å². The Bertz CT molecular complexity index is 626.